The van der Waals surface area contributed by atoms with Gasteiger partial charge < -0.3 is 10.5 Å². The standard InChI is InChI=1S/C13H18N2O3S2/c1-9-8-10(6-7-18-9)15-20(16,17)12-5-3-2-4-11(12)13(14)19/h2-5,9-10,15H,6-8H2,1H3,(H2,14,19). The summed E-state index contributed by atoms with van der Waals surface area (Å²) in [6.45, 7) is 2.49. The second-order valence-corrected chi connectivity index (χ2v) is 7.01. The average Bonchev–Trinajstić information content (AvgIpc) is 2.38. The summed E-state index contributed by atoms with van der Waals surface area (Å²) in [6, 6.07) is 6.37. The summed E-state index contributed by atoms with van der Waals surface area (Å²) >= 11 is 4.91. The Morgan fingerprint density at radius 1 is 1.45 bits per heavy atom. The highest BCUT2D eigenvalue weighted by molar-refractivity contribution is 7.89. The van der Waals surface area contributed by atoms with Crippen molar-refractivity contribution in [1.29, 1.82) is 0 Å². The number of thiocarbonyl (C=S) groups is 1. The highest BCUT2D eigenvalue weighted by atomic mass is 32.2. The van der Waals surface area contributed by atoms with E-state index in [0.717, 1.165) is 0 Å². The molecule has 2 atom stereocenters. The predicted octanol–water partition coefficient (Wildman–Crippen LogP) is 1.17. The second-order valence-electron chi connectivity index (χ2n) is 4.88. The number of nitrogens with two attached hydrogens (primary N) is 1. The smallest absolute Gasteiger partial charge is 0.241 e. The maximum Gasteiger partial charge on any atom is 0.241 e. The van der Waals surface area contributed by atoms with Crippen LogP contribution in [0.5, 0.6) is 0 Å². The van der Waals surface area contributed by atoms with Crippen LogP contribution in [0, 0.1) is 0 Å². The topological polar surface area (TPSA) is 81.4 Å². The fraction of sp³-hybridized carbons (Fsp3) is 0.462. The SMILES string of the molecule is CC1CC(NS(=O)(=O)c2ccccc2C(N)=S)CCO1. The highest BCUT2D eigenvalue weighted by Gasteiger charge is 2.26. The van der Waals surface area contributed by atoms with Gasteiger partial charge in [0.1, 0.15) is 4.99 Å². The lowest BCUT2D eigenvalue weighted by atomic mass is 10.1. The van der Waals surface area contributed by atoms with Crippen LogP contribution in [0.2, 0.25) is 0 Å². The summed E-state index contributed by atoms with van der Waals surface area (Å²) in [7, 11) is -3.63. The summed E-state index contributed by atoms with van der Waals surface area (Å²) < 4.78 is 33.1. The van der Waals surface area contributed by atoms with Crippen LogP contribution < -0.4 is 10.5 Å². The van der Waals surface area contributed by atoms with Crippen molar-refractivity contribution in [2.24, 2.45) is 5.73 Å². The first-order valence-corrected chi connectivity index (χ1v) is 8.32. The van der Waals surface area contributed by atoms with Crippen LogP contribution in [-0.4, -0.2) is 32.2 Å². The van der Waals surface area contributed by atoms with Gasteiger partial charge in [-0.3, -0.25) is 0 Å². The number of nitrogens with one attached hydrogen (secondary N) is 1. The van der Waals surface area contributed by atoms with Crippen molar-refractivity contribution in [3.8, 4) is 0 Å². The summed E-state index contributed by atoms with van der Waals surface area (Å²) in [5.74, 6) is 0. The van der Waals surface area contributed by atoms with Gasteiger partial charge in [0.15, 0.2) is 0 Å². The molecule has 1 fully saturated rings. The summed E-state index contributed by atoms with van der Waals surface area (Å²) in [4.78, 5) is 0.206. The number of rotatable bonds is 4. The molecule has 1 heterocycles. The minimum atomic E-state index is -3.63. The van der Waals surface area contributed by atoms with Crippen LogP contribution >= 0.6 is 12.2 Å². The minimum Gasteiger partial charge on any atom is -0.389 e. The van der Waals surface area contributed by atoms with Gasteiger partial charge in [-0.05, 0) is 25.8 Å². The first kappa shape index (κ1) is 15.4. The number of sulfonamides is 1. The molecule has 7 heteroatoms. The van der Waals surface area contributed by atoms with E-state index in [4.69, 9.17) is 22.7 Å². The molecule has 0 saturated carbocycles. The van der Waals surface area contributed by atoms with Gasteiger partial charge in [-0.2, -0.15) is 0 Å². The molecule has 0 spiro atoms. The Hall–Kier alpha value is -1.02. The molecule has 2 rings (SSSR count). The van der Waals surface area contributed by atoms with Crippen LogP contribution in [0.1, 0.15) is 25.3 Å². The first-order valence-electron chi connectivity index (χ1n) is 6.43. The summed E-state index contributed by atoms with van der Waals surface area (Å²) in [6.07, 6.45) is 1.38. The van der Waals surface area contributed by atoms with Gasteiger partial charge in [-0.15, -0.1) is 0 Å². The molecule has 5 nitrogen and oxygen atoms in total. The fourth-order valence-electron chi connectivity index (χ4n) is 2.29. The van der Waals surface area contributed by atoms with Crippen molar-refractivity contribution in [3.63, 3.8) is 0 Å². The fourth-order valence-corrected chi connectivity index (χ4v) is 4.04. The van der Waals surface area contributed by atoms with E-state index < -0.39 is 10.0 Å². The lowest BCUT2D eigenvalue weighted by Gasteiger charge is -2.28. The Balaban J connectivity index is 2.24. The van der Waals surface area contributed by atoms with Crippen LogP contribution in [0.15, 0.2) is 29.2 Å². The zero-order valence-corrected chi connectivity index (χ0v) is 12.8. The number of hydrogen-bond donors (Lipinski definition) is 2. The molecule has 20 heavy (non-hydrogen) atoms. The van der Waals surface area contributed by atoms with Crippen LogP contribution in [0.4, 0.5) is 0 Å². The number of hydrogen-bond acceptors (Lipinski definition) is 4. The molecular weight excluding hydrogens is 296 g/mol. The van der Waals surface area contributed by atoms with Crippen molar-refractivity contribution >= 4 is 27.2 Å². The van der Waals surface area contributed by atoms with E-state index in [1.165, 1.54) is 6.07 Å². The molecule has 0 radical (unpaired) electrons. The third-order valence-electron chi connectivity index (χ3n) is 3.25. The minimum absolute atomic E-state index is 0.0577. The normalized spacial score (nSPS) is 23.4. The Kier molecular flexibility index (Phi) is 4.74. The molecule has 1 aliphatic heterocycles. The van der Waals surface area contributed by atoms with E-state index in [0.29, 0.717) is 25.0 Å². The molecule has 1 saturated heterocycles. The maximum atomic E-state index is 12.5. The van der Waals surface area contributed by atoms with Crippen LogP contribution in [-0.2, 0) is 14.8 Å². The van der Waals surface area contributed by atoms with E-state index >= 15 is 0 Å². The van der Waals surface area contributed by atoms with Crippen molar-refractivity contribution in [2.75, 3.05) is 6.61 Å². The third kappa shape index (κ3) is 3.54. The van der Waals surface area contributed by atoms with E-state index in [-0.39, 0.29) is 22.0 Å². The van der Waals surface area contributed by atoms with Crippen molar-refractivity contribution in [1.82, 2.24) is 4.72 Å². The molecule has 0 aliphatic carbocycles. The lowest BCUT2D eigenvalue weighted by molar-refractivity contribution is 0.0173. The van der Waals surface area contributed by atoms with Crippen molar-refractivity contribution in [2.45, 2.75) is 36.8 Å². The predicted molar refractivity (Wildman–Crippen MR) is 81.1 cm³/mol. The van der Waals surface area contributed by atoms with Gasteiger partial charge in [0.2, 0.25) is 10.0 Å². The second kappa shape index (κ2) is 6.17. The van der Waals surface area contributed by atoms with Crippen molar-refractivity contribution in [3.05, 3.63) is 29.8 Å². The van der Waals surface area contributed by atoms with Gasteiger partial charge >= 0.3 is 0 Å². The monoisotopic (exact) mass is 314 g/mol. The Bertz CT molecular complexity index is 601. The molecule has 110 valence electrons. The Labute approximate surface area is 124 Å². The van der Waals surface area contributed by atoms with Crippen LogP contribution in [0.25, 0.3) is 0 Å². The lowest BCUT2D eigenvalue weighted by Crippen LogP contribution is -2.41. The van der Waals surface area contributed by atoms with Crippen molar-refractivity contribution < 1.29 is 13.2 Å². The van der Waals surface area contributed by atoms with E-state index in [1.54, 1.807) is 18.2 Å². The largest absolute Gasteiger partial charge is 0.389 e. The van der Waals surface area contributed by atoms with E-state index in [2.05, 4.69) is 4.72 Å². The molecule has 1 aliphatic rings. The zero-order valence-electron chi connectivity index (χ0n) is 11.2. The molecule has 0 aromatic heterocycles. The molecule has 0 amide bonds. The third-order valence-corrected chi connectivity index (χ3v) is 5.05. The zero-order chi connectivity index (χ0) is 14.8. The summed E-state index contributed by atoms with van der Waals surface area (Å²) in [5, 5.41) is 0. The Morgan fingerprint density at radius 3 is 2.80 bits per heavy atom. The van der Waals surface area contributed by atoms with Gasteiger partial charge in [-0.25, -0.2) is 13.1 Å². The number of ether oxygens (including phenoxy) is 1. The number of benzene rings is 1. The maximum absolute atomic E-state index is 12.5. The average molecular weight is 314 g/mol. The van der Waals surface area contributed by atoms with E-state index in [9.17, 15) is 8.42 Å². The molecule has 3 N–H and O–H groups in total. The van der Waals surface area contributed by atoms with Gasteiger partial charge in [-0.1, -0.05) is 30.4 Å². The molecule has 1 aromatic carbocycles. The van der Waals surface area contributed by atoms with Crippen LogP contribution in [0.3, 0.4) is 0 Å². The van der Waals surface area contributed by atoms with Gasteiger partial charge in [0.25, 0.3) is 0 Å². The Morgan fingerprint density at radius 2 is 2.15 bits per heavy atom. The quantitative estimate of drug-likeness (QED) is 0.815. The van der Waals surface area contributed by atoms with Gasteiger partial charge in [0.05, 0.1) is 11.0 Å². The molecular formula is C13H18N2O3S2. The molecule has 0 bridgehead atoms. The van der Waals surface area contributed by atoms with E-state index in [1.807, 2.05) is 6.92 Å². The molecule has 1 aromatic rings. The molecule has 2 unspecified atom stereocenters. The summed E-state index contributed by atoms with van der Waals surface area (Å²) in [5.41, 5.74) is 5.96. The highest BCUT2D eigenvalue weighted by Crippen LogP contribution is 2.19. The van der Waals surface area contributed by atoms with Gasteiger partial charge in [0, 0.05) is 18.2 Å². The first-order chi connectivity index (χ1) is 9.40.